The molecule has 2 fully saturated rings. The van der Waals surface area contributed by atoms with Gasteiger partial charge in [-0.25, -0.2) is 17.5 Å². The zero-order chi connectivity index (χ0) is 19.8. The van der Waals surface area contributed by atoms with Crippen molar-refractivity contribution in [2.24, 2.45) is 11.3 Å². The summed E-state index contributed by atoms with van der Waals surface area (Å²) in [6.45, 7) is 6.60. The third-order valence-electron chi connectivity index (χ3n) is 6.05. The molecule has 2 amide bonds. The van der Waals surface area contributed by atoms with Gasteiger partial charge in [-0.1, -0.05) is 6.07 Å². The number of benzene rings is 1. The van der Waals surface area contributed by atoms with Crippen LogP contribution in [0.25, 0.3) is 0 Å². The van der Waals surface area contributed by atoms with Crippen LogP contribution in [0.15, 0.2) is 18.2 Å². The highest BCUT2D eigenvalue weighted by Gasteiger charge is 2.52. The number of carbonyl (C=O) groups is 1. The lowest BCUT2D eigenvalue weighted by Gasteiger charge is -2.43. The number of amides is 2. The molecule has 2 aliphatic heterocycles. The normalized spacial score (nSPS) is 26.1. The summed E-state index contributed by atoms with van der Waals surface area (Å²) in [6.07, 6.45) is 1.98. The first-order valence-electron chi connectivity index (χ1n) is 9.22. The van der Waals surface area contributed by atoms with Gasteiger partial charge in [-0.2, -0.15) is 0 Å². The number of fused-ring (bicyclic) bond motifs is 1. The molecule has 2 saturated heterocycles. The number of rotatable bonds is 4. The van der Waals surface area contributed by atoms with E-state index >= 15 is 0 Å². The number of anilines is 1. The summed E-state index contributed by atoms with van der Waals surface area (Å²) in [6, 6.07) is 5.72. The summed E-state index contributed by atoms with van der Waals surface area (Å²) < 4.78 is 31.0. The third-order valence-corrected chi connectivity index (χ3v) is 7.26. The predicted octanol–water partition coefficient (Wildman–Crippen LogP) is 2.07. The molecule has 150 valence electrons. The number of nitrogens with one attached hydrogen (secondary N) is 1. The smallest absolute Gasteiger partial charge is 0.321 e. The molecule has 0 saturated carbocycles. The van der Waals surface area contributed by atoms with E-state index in [-0.39, 0.29) is 17.4 Å². The molecule has 0 unspecified atom stereocenters. The van der Waals surface area contributed by atoms with Crippen LogP contribution in [0.1, 0.15) is 17.5 Å². The van der Waals surface area contributed by atoms with Crippen LogP contribution in [0.3, 0.4) is 0 Å². The van der Waals surface area contributed by atoms with Gasteiger partial charge in [-0.15, -0.1) is 0 Å². The Bertz CT molecular complexity index is 826. The van der Waals surface area contributed by atoms with Gasteiger partial charge in [0.25, 0.3) is 0 Å². The van der Waals surface area contributed by atoms with Gasteiger partial charge in [0.2, 0.25) is 10.0 Å². The molecule has 8 heteroatoms. The van der Waals surface area contributed by atoms with E-state index in [0.717, 1.165) is 17.7 Å². The Morgan fingerprint density at radius 1 is 1.30 bits per heavy atom. The number of methoxy groups -OCH3 is 1. The second kappa shape index (κ2) is 7.41. The van der Waals surface area contributed by atoms with Crippen LogP contribution in [0.4, 0.5) is 10.5 Å². The lowest BCUT2D eigenvalue weighted by atomic mass is 9.73. The van der Waals surface area contributed by atoms with Crippen molar-refractivity contribution in [1.29, 1.82) is 0 Å². The lowest BCUT2D eigenvalue weighted by Crippen LogP contribution is -2.51. The lowest BCUT2D eigenvalue weighted by molar-refractivity contribution is 0.0131. The summed E-state index contributed by atoms with van der Waals surface area (Å²) in [7, 11) is -1.61. The van der Waals surface area contributed by atoms with Gasteiger partial charge >= 0.3 is 6.03 Å². The Hall–Kier alpha value is -1.64. The second-order valence-electron chi connectivity index (χ2n) is 7.97. The predicted molar refractivity (Wildman–Crippen MR) is 105 cm³/mol. The van der Waals surface area contributed by atoms with Gasteiger partial charge in [0.05, 0.1) is 12.9 Å². The van der Waals surface area contributed by atoms with Gasteiger partial charge in [0.15, 0.2) is 0 Å². The molecule has 1 aromatic carbocycles. The van der Waals surface area contributed by atoms with E-state index in [1.54, 1.807) is 12.0 Å². The summed E-state index contributed by atoms with van der Waals surface area (Å²) in [5.41, 5.74) is 2.88. The van der Waals surface area contributed by atoms with E-state index in [2.05, 4.69) is 5.32 Å². The van der Waals surface area contributed by atoms with Crippen molar-refractivity contribution in [2.75, 3.05) is 51.5 Å². The van der Waals surface area contributed by atoms with Gasteiger partial charge in [0.1, 0.15) is 0 Å². The molecule has 27 heavy (non-hydrogen) atoms. The standard InChI is InChI=1S/C19H29N3O4S/c1-14-5-6-17(9-15(14)2)20-18(23)21-8-7-19(13-26-3)12-22(27(4,24)25)11-16(19)10-21/h5-6,9,16H,7-8,10-13H2,1-4H3,(H,20,23)/t16-,19+/m1/s1. The molecule has 0 aromatic heterocycles. The van der Waals surface area contributed by atoms with Crippen LogP contribution < -0.4 is 5.32 Å². The minimum atomic E-state index is -3.25. The largest absolute Gasteiger partial charge is 0.384 e. The van der Waals surface area contributed by atoms with E-state index < -0.39 is 10.0 Å². The monoisotopic (exact) mass is 395 g/mol. The van der Waals surface area contributed by atoms with E-state index in [4.69, 9.17) is 4.74 Å². The molecule has 0 bridgehead atoms. The third kappa shape index (κ3) is 4.12. The Kier molecular flexibility index (Phi) is 5.52. The summed E-state index contributed by atoms with van der Waals surface area (Å²) in [5, 5.41) is 2.97. The van der Waals surface area contributed by atoms with Crippen molar-refractivity contribution in [2.45, 2.75) is 20.3 Å². The minimum absolute atomic E-state index is 0.0754. The van der Waals surface area contributed by atoms with Crippen LogP contribution in [-0.2, 0) is 14.8 Å². The van der Waals surface area contributed by atoms with Gasteiger partial charge < -0.3 is 15.0 Å². The SMILES string of the molecule is COC[C@@]12CCN(C(=O)Nc3ccc(C)c(C)c3)C[C@@H]1CN(S(C)(=O)=O)C2. The average molecular weight is 396 g/mol. The molecular formula is C19H29N3O4S. The maximum absolute atomic E-state index is 12.7. The summed E-state index contributed by atoms with van der Waals surface area (Å²) >= 11 is 0. The number of sulfonamides is 1. The molecule has 1 N–H and O–H groups in total. The van der Waals surface area contributed by atoms with Crippen molar-refractivity contribution >= 4 is 21.7 Å². The fraction of sp³-hybridized carbons (Fsp3) is 0.632. The molecule has 0 aliphatic carbocycles. The van der Waals surface area contributed by atoms with E-state index in [1.807, 2.05) is 32.0 Å². The van der Waals surface area contributed by atoms with Crippen molar-refractivity contribution in [3.05, 3.63) is 29.3 Å². The number of carbonyl (C=O) groups excluding carboxylic acids is 1. The van der Waals surface area contributed by atoms with Gasteiger partial charge in [-0.3, -0.25) is 0 Å². The average Bonchev–Trinajstić information content (AvgIpc) is 2.97. The van der Waals surface area contributed by atoms with Crippen LogP contribution in [-0.4, -0.2) is 69.8 Å². The number of likely N-dealkylation sites (tertiary alicyclic amines) is 1. The zero-order valence-electron chi connectivity index (χ0n) is 16.5. The van der Waals surface area contributed by atoms with Crippen LogP contribution in [0, 0.1) is 25.2 Å². The first-order valence-corrected chi connectivity index (χ1v) is 11.1. The topological polar surface area (TPSA) is 79.0 Å². The Morgan fingerprint density at radius 2 is 2.04 bits per heavy atom. The molecular weight excluding hydrogens is 366 g/mol. The highest BCUT2D eigenvalue weighted by molar-refractivity contribution is 7.88. The molecule has 2 aliphatic rings. The van der Waals surface area contributed by atoms with E-state index in [0.29, 0.717) is 32.8 Å². The molecule has 0 radical (unpaired) electrons. The molecule has 2 atom stereocenters. The highest BCUT2D eigenvalue weighted by Crippen LogP contribution is 2.44. The van der Waals surface area contributed by atoms with E-state index in [9.17, 15) is 13.2 Å². The minimum Gasteiger partial charge on any atom is -0.384 e. The summed E-state index contributed by atoms with van der Waals surface area (Å²) in [4.78, 5) is 14.5. The van der Waals surface area contributed by atoms with Crippen LogP contribution >= 0.6 is 0 Å². The number of nitrogens with zero attached hydrogens (tertiary/aromatic N) is 2. The second-order valence-corrected chi connectivity index (χ2v) is 9.96. The molecule has 2 heterocycles. The molecule has 3 rings (SSSR count). The Morgan fingerprint density at radius 3 is 2.67 bits per heavy atom. The number of piperidine rings is 1. The molecule has 1 aromatic rings. The first-order chi connectivity index (χ1) is 12.6. The number of aryl methyl sites for hydroxylation is 2. The number of ether oxygens (including phenoxy) is 1. The van der Waals surface area contributed by atoms with Crippen LogP contribution in [0.2, 0.25) is 0 Å². The van der Waals surface area contributed by atoms with Crippen molar-refractivity contribution in [1.82, 2.24) is 9.21 Å². The van der Waals surface area contributed by atoms with E-state index in [1.165, 1.54) is 16.1 Å². The molecule has 0 spiro atoms. The fourth-order valence-electron chi connectivity index (χ4n) is 4.22. The molecule has 7 nitrogen and oxygen atoms in total. The summed E-state index contributed by atoms with van der Waals surface area (Å²) in [5.74, 6) is 0.0754. The van der Waals surface area contributed by atoms with Crippen LogP contribution in [0.5, 0.6) is 0 Å². The zero-order valence-corrected chi connectivity index (χ0v) is 17.3. The number of hydrogen-bond acceptors (Lipinski definition) is 4. The maximum Gasteiger partial charge on any atom is 0.321 e. The highest BCUT2D eigenvalue weighted by atomic mass is 32.2. The number of hydrogen-bond donors (Lipinski definition) is 1. The van der Waals surface area contributed by atoms with Gasteiger partial charge in [0, 0.05) is 44.4 Å². The quantitative estimate of drug-likeness (QED) is 0.846. The Labute approximate surface area is 161 Å². The van der Waals surface area contributed by atoms with Crippen molar-refractivity contribution < 1.29 is 17.9 Å². The first kappa shape index (κ1) is 20.1. The Balaban J connectivity index is 1.72. The fourth-order valence-corrected chi connectivity index (χ4v) is 5.16. The van der Waals surface area contributed by atoms with Gasteiger partial charge in [-0.05, 0) is 49.4 Å². The van der Waals surface area contributed by atoms with Crippen molar-refractivity contribution in [3.8, 4) is 0 Å². The maximum atomic E-state index is 12.7. The number of urea groups is 1. The van der Waals surface area contributed by atoms with Crippen molar-refractivity contribution in [3.63, 3.8) is 0 Å².